The van der Waals surface area contributed by atoms with Gasteiger partial charge in [0.05, 0.1) is 7.11 Å². The van der Waals surface area contributed by atoms with Crippen LogP contribution in [0.25, 0.3) is 10.9 Å². The molecule has 1 aromatic heterocycles. The molecule has 0 bridgehead atoms. The van der Waals surface area contributed by atoms with Crippen molar-refractivity contribution >= 4 is 10.9 Å². The van der Waals surface area contributed by atoms with E-state index in [2.05, 4.69) is 22.8 Å². The van der Waals surface area contributed by atoms with E-state index < -0.39 is 0 Å². The average Bonchev–Trinajstić information content (AvgIpc) is 2.78. The van der Waals surface area contributed by atoms with Crippen LogP contribution in [-0.4, -0.2) is 11.7 Å². The van der Waals surface area contributed by atoms with Crippen LogP contribution in [0.2, 0.25) is 0 Å². The van der Waals surface area contributed by atoms with Crippen molar-refractivity contribution in [2.45, 2.75) is 19.0 Å². The van der Waals surface area contributed by atoms with Crippen LogP contribution in [0.5, 0.6) is 5.75 Å². The van der Waals surface area contributed by atoms with Crippen LogP contribution in [0, 0.1) is 0 Å². The van der Waals surface area contributed by atoms with Gasteiger partial charge < -0.3 is 15.0 Å². The van der Waals surface area contributed by atoms with Gasteiger partial charge in [-0.05, 0) is 30.7 Å². The van der Waals surface area contributed by atoms with Gasteiger partial charge in [-0.15, -0.1) is 0 Å². The Balaban J connectivity index is 2.25. The highest BCUT2D eigenvalue weighted by Crippen LogP contribution is 2.32. The summed E-state index contributed by atoms with van der Waals surface area (Å²) in [6.45, 7) is 1.03. The third-order valence-electron chi connectivity index (χ3n) is 3.18. The van der Waals surface area contributed by atoms with Crippen LogP contribution < -0.4 is 10.5 Å². The first-order valence-corrected chi connectivity index (χ1v) is 5.22. The molecule has 78 valence electrons. The normalized spacial score (nSPS) is 19.5. The van der Waals surface area contributed by atoms with Gasteiger partial charge in [-0.3, -0.25) is 0 Å². The van der Waals surface area contributed by atoms with Crippen molar-refractivity contribution < 1.29 is 4.74 Å². The standard InChI is InChI=1S/C12H14N2O/c1-15-9-2-3-11-8(6-9)7-12-10(13)4-5-14(11)12/h2-3,6-7,10H,4-5,13H2,1H3. The van der Waals surface area contributed by atoms with Gasteiger partial charge in [0.1, 0.15) is 5.75 Å². The molecule has 3 nitrogen and oxygen atoms in total. The number of hydrogen-bond donors (Lipinski definition) is 1. The molecule has 0 aliphatic carbocycles. The third kappa shape index (κ3) is 1.16. The fraction of sp³-hybridized carbons (Fsp3) is 0.333. The molecule has 3 heteroatoms. The first-order valence-electron chi connectivity index (χ1n) is 5.22. The van der Waals surface area contributed by atoms with E-state index in [1.54, 1.807) is 7.11 Å². The topological polar surface area (TPSA) is 40.2 Å². The van der Waals surface area contributed by atoms with Crippen molar-refractivity contribution in [1.82, 2.24) is 4.57 Å². The summed E-state index contributed by atoms with van der Waals surface area (Å²) in [5, 5.41) is 1.22. The van der Waals surface area contributed by atoms with E-state index in [1.807, 2.05) is 6.07 Å². The van der Waals surface area contributed by atoms with Crippen molar-refractivity contribution in [2.75, 3.05) is 7.11 Å². The molecule has 1 aliphatic rings. The molecule has 1 aliphatic heterocycles. The fourth-order valence-electron chi connectivity index (χ4n) is 2.37. The zero-order chi connectivity index (χ0) is 10.4. The summed E-state index contributed by atoms with van der Waals surface area (Å²) >= 11 is 0. The molecule has 2 heterocycles. The summed E-state index contributed by atoms with van der Waals surface area (Å²) in [5.41, 5.74) is 8.54. The molecule has 0 amide bonds. The lowest BCUT2D eigenvalue weighted by atomic mass is 10.2. The second-order valence-corrected chi connectivity index (χ2v) is 4.04. The second-order valence-electron chi connectivity index (χ2n) is 4.04. The minimum atomic E-state index is 0.198. The second kappa shape index (κ2) is 3.00. The largest absolute Gasteiger partial charge is 0.497 e. The number of methoxy groups -OCH3 is 1. The summed E-state index contributed by atoms with van der Waals surface area (Å²) < 4.78 is 7.51. The predicted octanol–water partition coefficient (Wildman–Crippen LogP) is 2.05. The van der Waals surface area contributed by atoms with Gasteiger partial charge in [0.15, 0.2) is 0 Å². The maximum atomic E-state index is 6.03. The van der Waals surface area contributed by atoms with Crippen LogP contribution >= 0.6 is 0 Å². The Bertz CT molecular complexity index is 516. The molecule has 0 saturated carbocycles. The lowest BCUT2D eigenvalue weighted by molar-refractivity contribution is 0.415. The molecule has 2 aromatic rings. The lowest BCUT2D eigenvalue weighted by Crippen LogP contribution is -2.04. The van der Waals surface area contributed by atoms with Crippen molar-refractivity contribution in [3.63, 3.8) is 0 Å². The van der Waals surface area contributed by atoms with Crippen LogP contribution in [0.4, 0.5) is 0 Å². The zero-order valence-electron chi connectivity index (χ0n) is 8.73. The van der Waals surface area contributed by atoms with Crippen LogP contribution in [0.15, 0.2) is 24.3 Å². The van der Waals surface area contributed by atoms with Gasteiger partial charge in [-0.1, -0.05) is 0 Å². The number of aromatic nitrogens is 1. The minimum absolute atomic E-state index is 0.198. The highest BCUT2D eigenvalue weighted by atomic mass is 16.5. The Labute approximate surface area is 88.4 Å². The van der Waals surface area contributed by atoms with Crippen LogP contribution in [0.1, 0.15) is 18.2 Å². The van der Waals surface area contributed by atoms with Crippen LogP contribution in [0.3, 0.4) is 0 Å². The number of ether oxygens (including phenoxy) is 1. The molecule has 3 rings (SSSR count). The number of nitrogens with two attached hydrogens (primary N) is 1. The summed E-state index contributed by atoms with van der Waals surface area (Å²) in [7, 11) is 1.69. The molecule has 1 unspecified atom stereocenters. The van der Waals surface area contributed by atoms with Gasteiger partial charge in [-0.2, -0.15) is 0 Å². The van der Waals surface area contributed by atoms with E-state index in [-0.39, 0.29) is 6.04 Å². The Hall–Kier alpha value is -1.48. The number of aryl methyl sites for hydroxylation is 1. The van der Waals surface area contributed by atoms with Crippen molar-refractivity contribution in [2.24, 2.45) is 5.73 Å². The Morgan fingerprint density at radius 3 is 3.07 bits per heavy atom. The number of nitrogens with zero attached hydrogens (tertiary/aromatic N) is 1. The smallest absolute Gasteiger partial charge is 0.119 e. The summed E-state index contributed by atoms with van der Waals surface area (Å²) in [5.74, 6) is 0.903. The maximum absolute atomic E-state index is 6.03. The van der Waals surface area contributed by atoms with Gasteiger partial charge in [0.25, 0.3) is 0 Å². The maximum Gasteiger partial charge on any atom is 0.119 e. The molecule has 2 N–H and O–H groups in total. The Kier molecular flexibility index (Phi) is 1.76. The molecular formula is C12H14N2O. The van der Waals surface area contributed by atoms with Crippen molar-refractivity contribution in [1.29, 1.82) is 0 Å². The van der Waals surface area contributed by atoms with E-state index in [0.717, 1.165) is 18.7 Å². The van der Waals surface area contributed by atoms with Gasteiger partial charge in [-0.25, -0.2) is 0 Å². The Morgan fingerprint density at radius 1 is 1.40 bits per heavy atom. The quantitative estimate of drug-likeness (QED) is 0.768. The number of benzene rings is 1. The molecular weight excluding hydrogens is 188 g/mol. The highest BCUT2D eigenvalue weighted by molar-refractivity contribution is 5.83. The first kappa shape index (κ1) is 8.80. The highest BCUT2D eigenvalue weighted by Gasteiger charge is 2.21. The lowest BCUT2D eigenvalue weighted by Gasteiger charge is -2.01. The summed E-state index contributed by atoms with van der Waals surface area (Å²) in [4.78, 5) is 0. The Morgan fingerprint density at radius 2 is 2.27 bits per heavy atom. The fourth-order valence-corrected chi connectivity index (χ4v) is 2.37. The molecule has 0 radical (unpaired) electrons. The zero-order valence-corrected chi connectivity index (χ0v) is 8.73. The van der Waals surface area contributed by atoms with E-state index in [1.165, 1.54) is 16.6 Å². The van der Waals surface area contributed by atoms with E-state index >= 15 is 0 Å². The molecule has 15 heavy (non-hydrogen) atoms. The van der Waals surface area contributed by atoms with Gasteiger partial charge in [0.2, 0.25) is 0 Å². The monoisotopic (exact) mass is 202 g/mol. The summed E-state index contributed by atoms with van der Waals surface area (Å²) in [6, 6.07) is 8.54. The minimum Gasteiger partial charge on any atom is -0.497 e. The van der Waals surface area contributed by atoms with Gasteiger partial charge >= 0.3 is 0 Å². The van der Waals surface area contributed by atoms with E-state index in [4.69, 9.17) is 10.5 Å². The number of hydrogen-bond acceptors (Lipinski definition) is 2. The van der Waals surface area contributed by atoms with Crippen molar-refractivity contribution in [3.8, 4) is 5.75 Å². The number of fused-ring (bicyclic) bond motifs is 3. The summed E-state index contributed by atoms with van der Waals surface area (Å²) in [6.07, 6.45) is 1.05. The molecule has 0 fully saturated rings. The molecule has 1 aromatic carbocycles. The van der Waals surface area contributed by atoms with Gasteiger partial charge in [0, 0.05) is 29.2 Å². The van der Waals surface area contributed by atoms with E-state index in [9.17, 15) is 0 Å². The van der Waals surface area contributed by atoms with E-state index in [0.29, 0.717) is 0 Å². The van der Waals surface area contributed by atoms with Crippen molar-refractivity contribution in [3.05, 3.63) is 30.0 Å². The van der Waals surface area contributed by atoms with Crippen LogP contribution in [-0.2, 0) is 6.54 Å². The average molecular weight is 202 g/mol. The third-order valence-corrected chi connectivity index (χ3v) is 3.18. The first-order chi connectivity index (χ1) is 7.29. The molecule has 1 atom stereocenters. The number of rotatable bonds is 1. The molecule has 0 saturated heterocycles. The predicted molar refractivity (Wildman–Crippen MR) is 60.0 cm³/mol. The SMILES string of the molecule is COc1ccc2c(c1)cc1n2CCC1N. The molecule has 0 spiro atoms.